The normalized spacial score (nSPS) is 24.2. The lowest BCUT2D eigenvalue weighted by atomic mass is 9.71. The molecule has 21 heavy (non-hydrogen) atoms. The lowest BCUT2D eigenvalue weighted by molar-refractivity contribution is 0.166. The predicted octanol–water partition coefficient (Wildman–Crippen LogP) is 2.79. The molecule has 1 aromatic rings. The molecule has 0 radical (unpaired) electrons. The first kappa shape index (κ1) is 16.5. The van der Waals surface area contributed by atoms with Crippen molar-refractivity contribution in [1.82, 2.24) is 14.5 Å². The topological polar surface area (TPSA) is 64.0 Å². The van der Waals surface area contributed by atoms with Gasteiger partial charge in [-0.15, -0.1) is 0 Å². The quantitative estimate of drug-likeness (QED) is 0.929. The Balaban J connectivity index is 1.96. The summed E-state index contributed by atoms with van der Waals surface area (Å²) in [4.78, 5) is 0.266. The Morgan fingerprint density at radius 3 is 2.38 bits per heavy atom. The molecule has 1 aliphatic carbocycles. The van der Waals surface area contributed by atoms with Crippen molar-refractivity contribution in [2.75, 3.05) is 0 Å². The number of aromatic nitrogens is 2. The van der Waals surface area contributed by atoms with Gasteiger partial charge in [-0.1, -0.05) is 20.8 Å². The monoisotopic (exact) mass is 313 g/mol. The highest BCUT2D eigenvalue weighted by Crippen LogP contribution is 2.37. The second-order valence-corrected chi connectivity index (χ2v) is 8.78. The maximum absolute atomic E-state index is 12.3. The summed E-state index contributed by atoms with van der Waals surface area (Å²) in [5.74, 6) is 0.682. The summed E-state index contributed by atoms with van der Waals surface area (Å²) in [5, 5.41) is 4.04. The Bertz CT molecular complexity index is 564. The minimum absolute atomic E-state index is 0.0542. The van der Waals surface area contributed by atoms with Crippen molar-refractivity contribution in [2.24, 2.45) is 11.3 Å². The average molecular weight is 313 g/mol. The van der Waals surface area contributed by atoms with E-state index in [1.165, 1.54) is 6.20 Å². The Morgan fingerprint density at radius 2 is 1.90 bits per heavy atom. The van der Waals surface area contributed by atoms with Gasteiger partial charge >= 0.3 is 0 Å². The summed E-state index contributed by atoms with van der Waals surface area (Å²) < 4.78 is 29.2. The van der Waals surface area contributed by atoms with Gasteiger partial charge in [0.15, 0.2) is 0 Å². The molecule has 120 valence electrons. The highest BCUT2D eigenvalue weighted by molar-refractivity contribution is 7.89. The van der Waals surface area contributed by atoms with E-state index in [9.17, 15) is 8.42 Å². The summed E-state index contributed by atoms with van der Waals surface area (Å²) in [6.45, 7) is 9.40. The Kier molecular flexibility index (Phi) is 4.78. The van der Waals surface area contributed by atoms with Gasteiger partial charge in [-0.05, 0) is 43.9 Å². The number of aryl methyl sites for hydroxylation is 1. The molecule has 5 nitrogen and oxygen atoms in total. The molecule has 1 aliphatic rings. The van der Waals surface area contributed by atoms with E-state index in [1.807, 2.05) is 6.92 Å². The highest BCUT2D eigenvalue weighted by Gasteiger charge is 2.31. The van der Waals surface area contributed by atoms with Crippen molar-refractivity contribution in [3.05, 3.63) is 12.4 Å². The first-order chi connectivity index (χ1) is 9.72. The molecule has 1 fully saturated rings. The Labute approximate surface area is 128 Å². The number of nitrogens with one attached hydrogen (secondary N) is 1. The van der Waals surface area contributed by atoms with Crippen molar-refractivity contribution in [1.29, 1.82) is 0 Å². The van der Waals surface area contributed by atoms with Gasteiger partial charge in [0.2, 0.25) is 10.0 Å². The molecule has 0 bridgehead atoms. The van der Waals surface area contributed by atoms with Crippen LogP contribution in [0.5, 0.6) is 0 Å². The zero-order chi connectivity index (χ0) is 15.7. The van der Waals surface area contributed by atoms with E-state index in [0.29, 0.717) is 17.9 Å². The molecule has 6 heteroatoms. The van der Waals surface area contributed by atoms with Gasteiger partial charge in [0.1, 0.15) is 4.90 Å². The fraction of sp³-hybridized carbons (Fsp3) is 0.800. The number of hydrogen-bond acceptors (Lipinski definition) is 3. The van der Waals surface area contributed by atoms with E-state index < -0.39 is 10.0 Å². The summed E-state index contributed by atoms with van der Waals surface area (Å²) in [7, 11) is -3.44. The molecule has 1 N–H and O–H groups in total. The fourth-order valence-electron chi connectivity index (χ4n) is 3.02. The maximum Gasteiger partial charge on any atom is 0.243 e. The average Bonchev–Trinajstić information content (AvgIpc) is 2.87. The summed E-state index contributed by atoms with van der Waals surface area (Å²) in [6.07, 6.45) is 7.03. The van der Waals surface area contributed by atoms with Crippen molar-refractivity contribution < 1.29 is 8.42 Å². The molecule has 1 heterocycles. The molecular weight excluding hydrogens is 286 g/mol. The first-order valence-corrected chi connectivity index (χ1v) is 9.25. The van der Waals surface area contributed by atoms with E-state index >= 15 is 0 Å². The predicted molar refractivity (Wildman–Crippen MR) is 83.4 cm³/mol. The summed E-state index contributed by atoms with van der Waals surface area (Å²) in [6, 6.07) is 0.0542. The number of nitrogens with zero attached hydrogens (tertiary/aromatic N) is 2. The van der Waals surface area contributed by atoms with Gasteiger partial charge < -0.3 is 0 Å². The van der Waals surface area contributed by atoms with Crippen LogP contribution in [0.1, 0.15) is 53.4 Å². The zero-order valence-electron chi connectivity index (χ0n) is 13.5. The molecule has 2 rings (SSSR count). The van der Waals surface area contributed by atoms with Crippen molar-refractivity contribution in [3.63, 3.8) is 0 Å². The SMILES string of the molecule is CCn1cc(S(=O)(=O)NC2CCC(C(C)(C)C)CC2)cn1. The molecule has 0 atom stereocenters. The van der Waals surface area contributed by atoms with E-state index in [2.05, 4.69) is 30.6 Å². The Hall–Kier alpha value is -0.880. The Morgan fingerprint density at radius 1 is 1.29 bits per heavy atom. The fourth-order valence-corrected chi connectivity index (χ4v) is 4.28. The van der Waals surface area contributed by atoms with Crippen LogP contribution in [0.4, 0.5) is 0 Å². The molecule has 0 aliphatic heterocycles. The van der Waals surface area contributed by atoms with Gasteiger partial charge in [-0.3, -0.25) is 4.68 Å². The van der Waals surface area contributed by atoms with Crippen molar-refractivity contribution in [2.45, 2.75) is 70.9 Å². The summed E-state index contributed by atoms with van der Waals surface area (Å²) >= 11 is 0. The van der Waals surface area contributed by atoms with Crippen LogP contribution < -0.4 is 4.72 Å². The summed E-state index contributed by atoms with van der Waals surface area (Å²) in [5.41, 5.74) is 0.312. The number of sulfonamides is 1. The van der Waals surface area contributed by atoms with Crippen molar-refractivity contribution >= 4 is 10.0 Å². The van der Waals surface area contributed by atoms with Crippen LogP contribution >= 0.6 is 0 Å². The number of rotatable bonds is 4. The van der Waals surface area contributed by atoms with Gasteiger partial charge in [0, 0.05) is 18.8 Å². The second-order valence-electron chi connectivity index (χ2n) is 7.07. The molecule has 0 spiro atoms. The smallest absolute Gasteiger partial charge is 0.243 e. The standard InChI is InChI=1S/C15H27N3O2S/c1-5-18-11-14(10-16-18)21(19,20)17-13-8-6-12(7-9-13)15(2,3)4/h10-13,17H,5-9H2,1-4H3. The van der Waals surface area contributed by atoms with E-state index in [0.717, 1.165) is 25.7 Å². The lowest BCUT2D eigenvalue weighted by Crippen LogP contribution is -2.39. The third-order valence-corrected chi connectivity index (χ3v) is 5.99. The van der Waals surface area contributed by atoms with Crippen LogP contribution in [0.25, 0.3) is 0 Å². The highest BCUT2D eigenvalue weighted by atomic mass is 32.2. The van der Waals surface area contributed by atoms with Crippen LogP contribution in [-0.4, -0.2) is 24.2 Å². The first-order valence-electron chi connectivity index (χ1n) is 7.77. The van der Waals surface area contributed by atoms with Gasteiger partial charge in [-0.25, -0.2) is 13.1 Å². The van der Waals surface area contributed by atoms with Gasteiger partial charge in [-0.2, -0.15) is 5.10 Å². The molecule has 0 amide bonds. The van der Waals surface area contributed by atoms with Crippen LogP contribution in [0.15, 0.2) is 17.3 Å². The minimum Gasteiger partial charge on any atom is -0.272 e. The molecule has 1 saturated carbocycles. The third kappa shape index (κ3) is 4.07. The molecule has 0 unspecified atom stereocenters. The lowest BCUT2D eigenvalue weighted by Gasteiger charge is -2.37. The van der Waals surface area contributed by atoms with Gasteiger partial charge in [0.05, 0.1) is 6.20 Å². The van der Waals surface area contributed by atoms with Crippen molar-refractivity contribution in [3.8, 4) is 0 Å². The molecule has 0 saturated heterocycles. The molecule has 0 aromatic carbocycles. The van der Waals surface area contributed by atoms with E-state index in [1.54, 1.807) is 10.9 Å². The van der Waals surface area contributed by atoms with Crippen LogP contribution in [-0.2, 0) is 16.6 Å². The van der Waals surface area contributed by atoms with Gasteiger partial charge in [0.25, 0.3) is 0 Å². The van der Waals surface area contributed by atoms with E-state index in [-0.39, 0.29) is 10.9 Å². The maximum atomic E-state index is 12.3. The van der Waals surface area contributed by atoms with Crippen LogP contribution in [0, 0.1) is 11.3 Å². The third-order valence-electron chi connectivity index (χ3n) is 4.52. The second kappa shape index (κ2) is 6.08. The minimum atomic E-state index is -3.44. The number of hydrogen-bond donors (Lipinski definition) is 1. The molecular formula is C15H27N3O2S. The largest absolute Gasteiger partial charge is 0.272 e. The van der Waals surface area contributed by atoms with E-state index in [4.69, 9.17) is 0 Å². The molecule has 1 aromatic heterocycles. The van der Waals surface area contributed by atoms with Crippen LogP contribution in [0.3, 0.4) is 0 Å². The zero-order valence-corrected chi connectivity index (χ0v) is 14.3. The van der Waals surface area contributed by atoms with Crippen LogP contribution in [0.2, 0.25) is 0 Å².